The van der Waals surface area contributed by atoms with Gasteiger partial charge in [-0.05, 0) is 24.5 Å². The normalized spacial score (nSPS) is 32.6. The van der Waals surface area contributed by atoms with Crippen molar-refractivity contribution < 1.29 is 19.1 Å². The molecule has 1 heterocycles. The van der Waals surface area contributed by atoms with Gasteiger partial charge in [0.25, 0.3) is 0 Å². The van der Waals surface area contributed by atoms with Gasteiger partial charge >= 0.3 is 11.9 Å². The van der Waals surface area contributed by atoms with Crippen LogP contribution in [0.5, 0.6) is 0 Å². The Hall–Kier alpha value is -1.84. The second kappa shape index (κ2) is 5.66. The van der Waals surface area contributed by atoms with Crippen LogP contribution in [0, 0.1) is 11.3 Å². The second-order valence-corrected chi connectivity index (χ2v) is 6.87. The van der Waals surface area contributed by atoms with E-state index in [2.05, 4.69) is 19.9 Å². The topological polar surface area (TPSA) is 52.6 Å². The van der Waals surface area contributed by atoms with E-state index in [4.69, 9.17) is 9.47 Å². The first-order valence-electron chi connectivity index (χ1n) is 8.47. The summed E-state index contributed by atoms with van der Waals surface area (Å²) in [6.45, 7) is 8.14. The summed E-state index contributed by atoms with van der Waals surface area (Å²) in [4.78, 5) is 23.7. The van der Waals surface area contributed by atoms with Crippen LogP contribution >= 0.6 is 0 Å². The average Bonchev–Trinajstić information content (AvgIpc) is 2.82. The van der Waals surface area contributed by atoms with Crippen molar-refractivity contribution in [1.82, 2.24) is 0 Å². The largest absolute Gasteiger partial charge is 0.462 e. The van der Waals surface area contributed by atoms with Crippen LogP contribution in [0.25, 0.3) is 0 Å². The molecule has 0 radical (unpaired) electrons. The molecule has 3 aliphatic rings. The fraction of sp³-hybridized carbons (Fsp3) is 0.579. The van der Waals surface area contributed by atoms with Crippen molar-refractivity contribution in [2.45, 2.75) is 59.5 Å². The summed E-state index contributed by atoms with van der Waals surface area (Å²) >= 11 is 0. The summed E-state index contributed by atoms with van der Waals surface area (Å²) in [5, 5.41) is 0. The molecule has 0 aromatic rings. The van der Waals surface area contributed by atoms with Crippen molar-refractivity contribution in [2.24, 2.45) is 11.3 Å². The Morgan fingerprint density at radius 3 is 2.83 bits per heavy atom. The lowest BCUT2D eigenvalue weighted by atomic mass is 9.60. The highest BCUT2D eigenvalue weighted by Gasteiger charge is 2.48. The molecule has 0 bridgehead atoms. The molecule has 3 atom stereocenters. The molecule has 0 aromatic heterocycles. The Morgan fingerprint density at radius 2 is 2.17 bits per heavy atom. The first-order valence-corrected chi connectivity index (χ1v) is 8.47. The predicted octanol–water partition coefficient (Wildman–Crippen LogP) is 3.83. The van der Waals surface area contributed by atoms with Gasteiger partial charge in [-0.1, -0.05) is 33.8 Å². The van der Waals surface area contributed by atoms with Crippen LogP contribution in [0.4, 0.5) is 0 Å². The molecule has 2 aliphatic carbocycles. The monoisotopic (exact) mass is 316 g/mol. The van der Waals surface area contributed by atoms with Gasteiger partial charge in [0.15, 0.2) is 0 Å². The third kappa shape index (κ3) is 2.44. The molecule has 0 saturated heterocycles. The average molecular weight is 316 g/mol. The highest BCUT2D eigenvalue weighted by atomic mass is 16.5. The molecule has 1 aliphatic heterocycles. The maximum Gasteiger partial charge on any atom is 0.339 e. The van der Waals surface area contributed by atoms with Gasteiger partial charge in [-0.25, -0.2) is 4.79 Å². The number of carbonyl (C=O) groups excluding carboxylic acids is 2. The third-order valence-electron chi connectivity index (χ3n) is 5.66. The maximum absolute atomic E-state index is 12.0. The van der Waals surface area contributed by atoms with Crippen molar-refractivity contribution >= 4 is 11.9 Å². The van der Waals surface area contributed by atoms with Gasteiger partial charge < -0.3 is 9.47 Å². The maximum atomic E-state index is 12.0. The SMILES string of the molecule is CCC(=O)OC1CC=C2C=C3OC(=O)C(CC)=C3CC2(C)C1C. The molecule has 0 N–H and O–H groups in total. The zero-order valence-electron chi connectivity index (χ0n) is 14.3. The van der Waals surface area contributed by atoms with Crippen molar-refractivity contribution in [3.05, 3.63) is 34.6 Å². The quantitative estimate of drug-likeness (QED) is 0.743. The number of hydrogen-bond acceptors (Lipinski definition) is 4. The zero-order chi connectivity index (χ0) is 16.8. The molecular formula is C19H24O4. The number of hydrogen-bond donors (Lipinski definition) is 0. The molecule has 0 saturated carbocycles. The first kappa shape index (κ1) is 16.0. The lowest BCUT2D eigenvalue weighted by Gasteiger charge is -2.46. The van der Waals surface area contributed by atoms with E-state index in [9.17, 15) is 9.59 Å². The number of ether oxygens (including phenoxy) is 2. The molecule has 0 spiro atoms. The van der Waals surface area contributed by atoms with Crippen LogP contribution in [0.1, 0.15) is 53.4 Å². The van der Waals surface area contributed by atoms with Crippen molar-refractivity contribution in [1.29, 1.82) is 0 Å². The smallest absolute Gasteiger partial charge is 0.339 e. The Bertz CT molecular complexity index is 652. The molecule has 23 heavy (non-hydrogen) atoms. The first-order chi connectivity index (χ1) is 10.9. The van der Waals surface area contributed by atoms with Crippen LogP contribution in [-0.2, 0) is 19.1 Å². The molecule has 0 fully saturated rings. The molecule has 0 amide bonds. The molecule has 3 unspecified atom stereocenters. The standard InChI is InChI=1S/C19H24O4/c1-5-13-14-10-19(4)11(3)15(22-17(20)6-2)8-7-12(19)9-16(14)23-18(13)21/h7,9,11,15H,5-6,8,10H2,1-4H3. The number of allylic oxidation sites excluding steroid dienone is 3. The minimum absolute atomic E-state index is 0.102. The highest BCUT2D eigenvalue weighted by Crippen LogP contribution is 2.54. The molecule has 124 valence electrons. The summed E-state index contributed by atoms with van der Waals surface area (Å²) in [7, 11) is 0. The van der Waals surface area contributed by atoms with Crippen molar-refractivity contribution in [3.63, 3.8) is 0 Å². The van der Waals surface area contributed by atoms with Crippen molar-refractivity contribution in [2.75, 3.05) is 0 Å². The van der Waals surface area contributed by atoms with Crippen LogP contribution < -0.4 is 0 Å². The summed E-state index contributed by atoms with van der Waals surface area (Å²) in [6, 6.07) is 0. The highest BCUT2D eigenvalue weighted by molar-refractivity contribution is 5.95. The summed E-state index contributed by atoms with van der Waals surface area (Å²) < 4.78 is 11.1. The lowest BCUT2D eigenvalue weighted by Crippen LogP contribution is -2.42. The summed E-state index contributed by atoms with van der Waals surface area (Å²) in [6.07, 6.45) is 6.60. The van der Waals surface area contributed by atoms with Gasteiger partial charge in [0, 0.05) is 35.3 Å². The Kier molecular flexibility index (Phi) is 3.95. The van der Waals surface area contributed by atoms with E-state index >= 15 is 0 Å². The number of fused-ring (bicyclic) bond motifs is 2. The lowest BCUT2D eigenvalue weighted by molar-refractivity contribution is -0.153. The van der Waals surface area contributed by atoms with Crippen LogP contribution in [0.3, 0.4) is 0 Å². The van der Waals surface area contributed by atoms with Gasteiger partial charge in [0.05, 0.1) is 0 Å². The summed E-state index contributed by atoms with van der Waals surface area (Å²) in [5.74, 6) is 0.546. The zero-order valence-corrected chi connectivity index (χ0v) is 14.3. The molecule has 4 nitrogen and oxygen atoms in total. The van der Waals surface area contributed by atoms with E-state index < -0.39 is 0 Å². The Labute approximate surface area is 137 Å². The van der Waals surface area contributed by atoms with E-state index in [0.29, 0.717) is 18.6 Å². The molecule has 0 aromatic carbocycles. The fourth-order valence-corrected chi connectivity index (χ4v) is 3.91. The van der Waals surface area contributed by atoms with E-state index in [-0.39, 0.29) is 29.4 Å². The van der Waals surface area contributed by atoms with E-state index in [1.807, 2.05) is 19.9 Å². The third-order valence-corrected chi connectivity index (χ3v) is 5.66. The number of carbonyl (C=O) groups is 2. The van der Waals surface area contributed by atoms with Gasteiger partial charge in [-0.3, -0.25) is 4.79 Å². The molecule has 3 rings (SSSR count). The van der Waals surface area contributed by atoms with Gasteiger partial charge in [0.2, 0.25) is 0 Å². The fourth-order valence-electron chi connectivity index (χ4n) is 3.91. The van der Waals surface area contributed by atoms with Crippen LogP contribution in [0.15, 0.2) is 34.6 Å². The molecule has 4 heteroatoms. The van der Waals surface area contributed by atoms with E-state index in [0.717, 1.165) is 24.0 Å². The predicted molar refractivity (Wildman–Crippen MR) is 86.3 cm³/mol. The van der Waals surface area contributed by atoms with Crippen LogP contribution in [0.2, 0.25) is 0 Å². The van der Waals surface area contributed by atoms with Gasteiger partial charge in [-0.2, -0.15) is 0 Å². The van der Waals surface area contributed by atoms with E-state index in [1.54, 1.807) is 0 Å². The van der Waals surface area contributed by atoms with Crippen LogP contribution in [-0.4, -0.2) is 18.0 Å². The van der Waals surface area contributed by atoms with Gasteiger partial charge in [0.1, 0.15) is 11.9 Å². The Balaban J connectivity index is 1.97. The summed E-state index contributed by atoms with van der Waals surface area (Å²) in [5.41, 5.74) is 2.88. The number of esters is 2. The Morgan fingerprint density at radius 1 is 1.43 bits per heavy atom. The van der Waals surface area contributed by atoms with Gasteiger partial charge in [-0.15, -0.1) is 0 Å². The van der Waals surface area contributed by atoms with Crippen molar-refractivity contribution in [3.8, 4) is 0 Å². The van der Waals surface area contributed by atoms with E-state index in [1.165, 1.54) is 5.57 Å². The minimum atomic E-state index is -0.210. The molecular weight excluding hydrogens is 292 g/mol. The minimum Gasteiger partial charge on any atom is -0.462 e. The second-order valence-electron chi connectivity index (χ2n) is 6.87. The number of rotatable bonds is 3.